The largest absolute Gasteiger partial charge is 0.372 e. The normalized spacial score (nSPS) is 24.0. The highest BCUT2D eigenvalue weighted by molar-refractivity contribution is 9.10. The van der Waals surface area contributed by atoms with Crippen molar-refractivity contribution in [1.29, 1.82) is 0 Å². The number of hydrogen-bond acceptors (Lipinski definition) is 3. The summed E-state index contributed by atoms with van der Waals surface area (Å²) >= 11 is 3.54. The molecule has 0 aromatic heterocycles. The van der Waals surface area contributed by atoms with E-state index in [1.807, 2.05) is 0 Å². The van der Waals surface area contributed by atoms with Crippen LogP contribution in [0.5, 0.6) is 0 Å². The lowest BCUT2D eigenvalue weighted by molar-refractivity contribution is 0.0243. The minimum absolute atomic E-state index is 0.251. The minimum Gasteiger partial charge on any atom is -0.372 e. The van der Waals surface area contributed by atoms with E-state index in [4.69, 9.17) is 10.7 Å². The van der Waals surface area contributed by atoms with Crippen molar-refractivity contribution in [1.82, 2.24) is 0 Å². The molecule has 3 nitrogen and oxygen atoms in total. The molecule has 100 valence electrons. The summed E-state index contributed by atoms with van der Waals surface area (Å²) in [5.41, 5.74) is 2.56. The monoisotopic (exact) mass is 312 g/mol. The van der Waals surface area contributed by atoms with Crippen LogP contribution >= 0.6 is 15.9 Å². The molecule has 0 radical (unpaired) electrons. The lowest BCUT2D eigenvalue weighted by Crippen LogP contribution is -2.37. The van der Waals surface area contributed by atoms with E-state index < -0.39 is 0 Å². The van der Waals surface area contributed by atoms with Gasteiger partial charge in [0.05, 0.1) is 6.10 Å². The Labute approximate surface area is 117 Å². The van der Waals surface area contributed by atoms with Gasteiger partial charge in [-0.1, -0.05) is 15.9 Å². The summed E-state index contributed by atoms with van der Waals surface area (Å²) < 4.78 is 1.17. The summed E-state index contributed by atoms with van der Waals surface area (Å²) in [6, 6.07) is 7.12. The summed E-state index contributed by atoms with van der Waals surface area (Å²) in [5, 5.41) is 0. The minimum atomic E-state index is 0.251. The quantitative estimate of drug-likeness (QED) is 0.869. The van der Waals surface area contributed by atoms with E-state index in [2.05, 4.69) is 53.0 Å². The second-order valence-electron chi connectivity index (χ2n) is 5.11. The summed E-state index contributed by atoms with van der Waals surface area (Å²) in [6.07, 6.45) is 4.66. The summed E-state index contributed by atoms with van der Waals surface area (Å²) in [6.45, 7) is 2.13. The average Bonchev–Trinajstić information content (AvgIpc) is 2.41. The van der Waals surface area contributed by atoms with E-state index in [9.17, 15) is 0 Å². The average molecular weight is 313 g/mol. The van der Waals surface area contributed by atoms with Gasteiger partial charge in [-0.15, -0.1) is 0 Å². The van der Waals surface area contributed by atoms with Crippen LogP contribution in [0.4, 0.5) is 5.69 Å². The van der Waals surface area contributed by atoms with Crippen LogP contribution in [0.2, 0.25) is 0 Å². The van der Waals surface area contributed by atoms with Gasteiger partial charge in [-0.25, -0.2) is 5.90 Å². The zero-order valence-electron chi connectivity index (χ0n) is 11.0. The first-order valence-corrected chi connectivity index (χ1v) is 7.25. The maximum absolute atomic E-state index is 5.25. The Morgan fingerprint density at radius 2 is 1.94 bits per heavy atom. The lowest BCUT2D eigenvalue weighted by Gasteiger charge is -2.35. The highest BCUT2D eigenvalue weighted by atomic mass is 79.9. The van der Waals surface area contributed by atoms with Crippen LogP contribution < -0.4 is 10.8 Å². The third-order valence-corrected chi connectivity index (χ3v) is 4.82. The summed E-state index contributed by atoms with van der Waals surface area (Å²) in [5.74, 6) is 5.25. The maximum Gasteiger partial charge on any atom is 0.0789 e. The first-order chi connectivity index (χ1) is 8.61. The lowest BCUT2D eigenvalue weighted by atomic mass is 9.92. The van der Waals surface area contributed by atoms with E-state index in [1.165, 1.54) is 15.7 Å². The summed E-state index contributed by atoms with van der Waals surface area (Å²) in [4.78, 5) is 7.32. The molecule has 1 saturated carbocycles. The molecule has 0 bridgehead atoms. The number of rotatable bonds is 3. The predicted octanol–water partition coefficient (Wildman–Crippen LogP) is 3.40. The molecule has 1 aromatic carbocycles. The SMILES string of the molecule is Cc1cc(N(C)C2CCC(ON)CC2)ccc1Br. The molecule has 0 aliphatic heterocycles. The molecule has 0 saturated heterocycles. The number of nitrogens with two attached hydrogens (primary N) is 1. The van der Waals surface area contributed by atoms with Crippen molar-refractivity contribution >= 4 is 21.6 Å². The van der Waals surface area contributed by atoms with Gasteiger partial charge < -0.3 is 9.74 Å². The second-order valence-corrected chi connectivity index (χ2v) is 5.97. The molecule has 2 rings (SSSR count). The first kappa shape index (κ1) is 13.8. The van der Waals surface area contributed by atoms with Crippen LogP contribution in [0, 0.1) is 6.92 Å². The molecular formula is C14H21BrN2O. The van der Waals surface area contributed by atoms with E-state index in [0.717, 1.165) is 25.7 Å². The molecule has 0 atom stereocenters. The Hall–Kier alpha value is -0.580. The van der Waals surface area contributed by atoms with Gasteiger partial charge in [-0.2, -0.15) is 0 Å². The van der Waals surface area contributed by atoms with Crippen molar-refractivity contribution in [2.75, 3.05) is 11.9 Å². The Morgan fingerprint density at radius 1 is 1.28 bits per heavy atom. The molecule has 18 heavy (non-hydrogen) atoms. The van der Waals surface area contributed by atoms with Crippen molar-refractivity contribution in [3.05, 3.63) is 28.2 Å². The topological polar surface area (TPSA) is 38.5 Å². The highest BCUT2D eigenvalue weighted by Crippen LogP contribution is 2.29. The Kier molecular flexibility index (Phi) is 4.65. The fourth-order valence-electron chi connectivity index (χ4n) is 2.63. The smallest absolute Gasteiger partial charge is 0.0789 e. The Bertz CT molecular complexity index is 403. The number of hydrogen-bond donors (Lipinski definition) is 1. The molecule has 4 heteroatoms. The molecule has 1 aliphatic rings. The molecule has 1 aromatic rings. The molecule has 2 N–H and O–H groups in total. The maximum atomic E-state index is 5.25. The third-order valence-electron chi connectivity index (χ3n) is 3.93. The fourth-order valence-corrected chi connectivity index (χ4v) is 2.87. The number of nitrogens with zero attached hydrogens (tertiary/aromatic N) is 1. The highest BCUT2D eigenvalue weighted by Gasteiger charge is 2.24. The first-order valence-electron chi connectivity index (χ1n) is 6.46. The Morgan fingerprint density at radius 3 is 2.50 bits per heavy atom. The van der Waals surface area contributed by atoms with Gasteiger partial charge in [0, 0.05) is 23.2 Å². The zero-order valence-corrected chi connectivity index (χ0v) is 12.6. The molecule has 1 aliphatic carbocycles. The van der Waals surface area contributed by atoms with Crippen LogP contribution in [0.15, 0.2) is 22.7 Å². The van der Waals surface area contributed by atoms with Gasteiger partial charge in [0.25, 0.3) is 0 Å². The zero-order chi connectivity index (χ0) is 13.1. The van der Waals surface area contributed by atoms with Gasteiger partial charge in [-0.3, -0.25) is 0 Å². The van der Waals surface area contributed by atoms with Crippen molar-refractivity contribution in [2.45, 2.75) is 44.8 Å². The molecule has 1 fully saturated rings. The molecular weight excluding hydrogens is 292 g/mol. The van der Waals surface area contributed by atoms with Crippen LogP contribution in [-0.4, -0.2) is 19.2 Å². The van der Waals surface area contributed by atoms with Crippen LogP contribution in [0.1, 0.15) is 31.2 Å². The van der Waals surface area contributed by atoms with Gasteiger partial charge in [0.2, 0.25) is 0 Å². The number of anilines is 1. The van der Waals surface area contributed by atoms with E-state index >= 15 is 0 Å². The number of halogens is 1. The standard InChI is InChI=1S/C14H21BrN2O/c1-10-9-12(5-8-14(10)15)17(2)11-3-6-13(18-16)7-4-11/h5,8-9,11,13H,3-4,6-7,16H2,1-2H3. The van der Waals surface area contributed by atoms with Crippen LogP contribution in [-0.2, 0) is 4.84 Å². The third kappa shape index (κ3) is 3.05. The van der Waals surface area contributed by atoms with Crippen molar-refractivity contribution < 1.29 is 4.84 Å². The molecule has 0 amide bonds. The van der Waals surface area contributed by atoms with E-state index in [0.29, 0.717) is 6.04 Å². The van der Waals surface area contributed by atoms with Crippen LogP contribution in [0.3, 0.4) is 0 Å². The molecule has 0 unspecified atom stereocenters. The van der Waals surface area contributed by atoms with Gasteiger partial charge >= 0.3 is 0 Å². The van der Waals surface area contributed by atoms with Gasteiger partial charge in [0.15, 0.2) is 0 Å². The molecule has 0 heterocycles. The van der Waals surface area contributed by atoms with Crippen molar-refractivity contribution in [2.24, 2.45) is 5.90 Å². The Balaban J connectivity index is 2.03. The van der Waals surface area contributed by atoms with E-state index in [-0.39, 0.29) is 6.10 Å². The summed E-state index contributed by atoms with van der Waals surface area (Å²) in [7, 11) is 2.18. The van der Waals surface area contributed by atoms with Gasteiger partial charge in [-0.05, 0) is 56.4 Å². The second kappa shape index (κ2) is 6.04. The molecule has 0 spiro atoms. The fraction of sp³-hybridized carbons (Fsp3) is 0.571. The number of benzene rings is 1. The number of aryl methyl sites for hydroxylation is 1. The van der Waals surface area contributed by atoms with Gasteiger partial charge in [0.1, 0.15) is 0 Å². The van der Waals surface area contributed by atoms with E-state index in [1.54, 1.807) is 0 Å². The predicted molar refractivity (Wildman–Crippen MR) is 78.6 cm³/mol. The van der Waals surface area contributed by atoms with Crippen molar-refractivity contribution in [3.8, 4) is 0 Å². The van der Waals surface area contributed by atoms with Crippen LogP contribution in [0.25, 0.3) is 0 Å². The van der Waals surface area contributed by atoms with Crippen molar-refractivity contribution in [3.63, 3.8) is 0 Å².